The van der Waals surface area contributed by atoms with Crippen molar-refractivity contribution in [2.45, 2.75) is 43.7 Å². The molecule has 4 aromatic carbocycles. The van der Waals surface area contributed by atoms with Gasteiger partial charge >= 0.3 is 12.1 Å². The van der Waals surface area contributed by atoms with Crippen molar-refractivity contribution in [1.82, 2.24) is 4.90 Å². The van der Waals surface area contributed by atoms with Gasteiger partial charge in [-0.25, -0.2) is 4.79 Å². The zero-order valence-electron chi connectivity index (χ0n) is 25.9. The van der Waals surface area contributed by atoms with Gasteiger partial charge in [-0.1, -0.05) is 84.9 Å². The van der Waals surface area contributed by atoms with Gasteiger partial charge in [0.25, 0.3) is 0 Å². The minimum absolute atomic E-state index is 0. The number of halogens is 3. The average Bonchev–Trinajstić information content (AvgIpc) is 3.54. The Kier molecular flexibility index (Phi) is 12.4. The molecule has 1 amide bonds. The Balaban J connectivity index is 0.00000520. The minimum Gasteiger partial charge on any atom is -0.625 e. The maximum atomic E-state index is 14.5. The SMILES string of the molecule is COc1ccc(N[C@@H]([C@H](N=C(c2ccccc2)c2ccccc2[N-]C(=O)[C@@H]2CCCN2Cc2ccccc2)C(=O)O)C(F)(F)F)cc1.[Ni]. The Hall–Kier alpha value is -4.67. The van der Waals surface area contributed by atoms with E-state index in [2.05, 4.69) is 20.5 Å². The van der Waals surface area contributed by atoms with Gasteiger partial charge < -0.3 is 25.3 Å². The zero-order valence-corrected chi connectivity index (χ0v) is 26.9. The van der Waals surface area contributed by atoms with Gasteiger partial charge in [0.2, 0.25) is 0 Å². The molecule has 1 aliphatic rings. The fraction of sp³-hybridized carbons (Fsp3) is 0.250. The van der Waals surface area contributed by atoms with E-state index in [1.165, 1.54) is 31.4 Å². The van der Waals surface area contributed by atoms with Crippen molar-refractivity contribution in [2.24, 2.45) is 4.99 Å². The van der Waals surface area contributed by atoms with Crippen LogP contribution in [0.25, 0.3) is 5.32 Å². The number of rotatable bonds is 12. The normalized spacial score (nSPS) is 16.3. The molecule has 0 unspecified atom stereocenters. The number of methoxy groups -OCH3 is 1. The molecule has 12 heteroatoms. The summed E-state index contributed by atoms with van der Waals surface area (Å²) in [5, 5.41) is 16.9. The third kappa shape index (κ3) is 9.02. The summed E-state index contributed by atoms with van der Waals surface area (Å²) in [7, 11) is 1.42. The number of aliphatic carboxylic acids is 1. The first-order chi connectivity index (χ1) is 22.6. The fourth-order valence-electron chi connectivity index (χ4n) is 5.59. The van der Waals surface area contributed by atoms with E-state index in [9.17, 15) is 27.9 Å². The van der Waals surface area contributed by atoms with Crippen molar-refractivity contribution in [3.8, 4) is 5.75 Å². The number of carbonyl (C=O) groups excluding carboxylic acids is 1. The number of alkyl halides is 3. The quantitative estimate of drug-likeness (QED) is 0.119. The number of ether oxygens (including phenoxy) is 1. The van der Waals surface area contributed by atoms with Gasteiger partial charge in [0, 0.05) is 34.3 Å². The number of amides is 1. The number of nitrogens with one attached hydrogen (secondary N) is 1. The number of carboxylic acids is 1. The Bertz CT molecular complexity index is 1690. The van der Waals surface area contributed by atoms with Gasteiger partial charge in [-0.15, -0.1) is 5.69 Å². The number of anilines is 1. The first-order valence-corrected chi connectivity index (χ1v) is 15.1. The van der Waals surface area contributed by atoms with Crippen molar-refractivity contribution in [2.75, 3.05) is 19.0 Å². The van der Waals surface area contributed by atoms with Crippen molar-refractivity contribution >= 4 is 29.0 Å². The molecule has 0 bridgehead atoms. The van der Waals surface area contributed by atoms with Gasteiger partial charge in [-0.2, -0.15) is 13.2 Å². The van der Waals surface area contributed by atoms with E-state index in [1.807, 2.05) is 30.3 Å². The number of nitrogens with zero attached hydrogens (tertiary/aromatic N) is 3. The maximum Gasteiger partial charge on any atom is 0.411 e. The molecule has 0 aromatic heterocycles. The number of benzene rings is 4. The zero-order chi connectivity index (χ0) is 33.4. The number of hydrogen-bond acceptors (Lipinski definition) is 6. The van der Waals surface area contributed by atoms with Crippen LogP contribution >= 0.6 is 0 Å². The summed E-state index contributed by atoms with van der Waals surface area (Å²) >= 11 is 0. The monoisotopic (exact) mass is 701 g/mol. The van der Waals surface area contributed by atoms with Crippen LogP contribution in [0.15, 0.2) is 114 Å². The van der Waals surface area contributed by atoms with E-state index in [-0.39, 0.29) is 45.0 Å². The smallest absolute Gasteiger partial charge is 0.411 e. The van der Waals surface area contributed by atoms with E-state index < -0.39 is 30.3 Å². The molecule has 4 aromatic rings. The molecule has 254 valence electrons. The molecule has 0 aliphatic carbocycles. The third-order valence-corrected chi connectivity index (χ3v) is 7.92. The number of likely N-dealkylation sites (tertiary alicyclic amines) is 1. The molecule has 0 spiro atoms. The summed E-state index contributed by atoms with van der Waals surface area (Å²) in [6, 6.07) is 24.8. The Morgan fingerprint density at radius 1 is 0.958 bits per heavy atom. The van der Waals surface area contributed by atoms with E-state index in [0.29, 0.717) is 24.3 Å². The molecule has 3 atom stereocenters. The van der Waals surface area contributed by atoms with E-state index in [0.717, 1.165) is 18.5 Å². The van der Waals surface area contributed by atoms with Crippen LogP contribution in [0.4, 0.5) is 24.5 Å². The Morgan fingerprint density at radius 2 is 1.58 bits per heavy atom. The predicted octanol–water partition coefficient (Wildman–Crippen LogP) is 7.22. The largest absolute Gasteiger partial charge is 0.625 e. The van der Waals surface area contributed by atoms with Gasteiger partial charge in [0.05, 0.1) is 24.8 Å². The standard InChI is InChI=1S/C36H35F3N4O4.Ni/c1-47-27-20-18-26(19-21-27)40-33(36(37,38)39)32(35(45)46)42-31(25-13-6-3-7-14-25)28-15-8-9-16-29(28)41-34(44)30-17-10-22-43(30)23-24-11-4-2-5-12-24;/h2-9,11-16,18-21,30,32-33,40H,10,17,22-23H2,1H3,(H2,41,42,44,45,46);/p-1/t30-,32-,33-;/m0./s1. The average molecular weight is 702 g/mol. The van der Waals surface area contributed by atoms with E-state index in [4.69, 9.17) is 4.74 Å². The first kappa shape index (κ1) is 36.2. The van der Waals surface area contributed by atoms with E-state index in [1.54, 1.807) is 54.6 Å². The molecule has 8 nitrogen and oxygen atoms in total. The summed E-state index contributed by atoms with van der Waals surface area (Å²) in [5.41, 5.74) is 1.84. The second kappa shape index (κ2) is 16.4. The van der Waals surface area contributed by atoms with Crippen LogP contribution in [-0.4, -0.2) is 65.6 Å². The molecule has 2 N–H and O–H groups in total. The van der Waals surface area contributed by atoms with Crippen molar-refractivity contribution in [3.05, 3.63) is 131 Å². The molecular weight excluding hydrogens is 668 g/mol. The second-order valence-corrected chi connectivity index (χ2v) is 11.1. The van der Waals surface area contributed by atoms with Crippen LogP contribution in [-0.2, 0) is 32.6 Å². The molecule has 1 heterocycles. The van der Waals surface area contributed by atoms with Crippen LogP contribution in [0, 0.1) is 0 Å². The predicted molar refractivity (Wildman–Crippen MR) is 174 cm³/mol. The van der Waals surface area contributed by atoms with E-state index >= 15 is 0 Å². The Morgan fingerprint density at radius 3 is 2.21 bits per heavy atom. The summed E-state index contributed by atoms with van der Waals surface area (Å²) < 4.78 is 48.7. The summed E-state index contributed by atoms with van der Waals surface area (Å²) in [6.45, 7) is 1.30. The minimum atomic E-state index is -5.00. The molecular formula is C36H34F3N4NiO4-. The van der Waals surface area contributed by atoms with Crippen LogP contribution < -0.4 is 10.1 Å². The van der Waals surface area contributed by atoms with Gasteiger partial charge in [0.15, 0.2) is 12.1 Å². The summed E-state index contributed by atoms with van der Waals surface area (Å²) in [5.74, 6) is -1.74. The van der Waals surface area contributed by atoms with Crippen LogP contribution in [0.1, 0.15) is 29.5 Å². The Labute approximate surface area is 287 Å². The van der Waals surface area contributed by atoms with Crippen LogP contribution in [0.5, 0.6) is 5.75 Å². The molecule has 1 fully saturated rings. The molecule has 5 rings (SSSR count). The molecule has 0 saturated carbocycles. The molecule has 0 radical (unpaired) electrons. The molecule has 48 heavy (non-hydrogen) atoms. The topological polar surface area (TPSA) is 105 Å². The van der Waals surface area contributed by atoms with Crippen molar-refractivity contribution in [3.63, 3.8) is 0 Å². The van der Waals surface area contributed by atoms with Gasteiger partial charge in [-0.3, -0.25) is 9.89 Å². The summed E-state index contributed by atoms with van der Waals surface area (Å²) in [4.78, 5) is 32.5. The number of carboxylic acid groups (broad SMARTS) is 1. The summed E-state index contributed by atoms with van der Waals surface area (Å²) in [6.07, 6.45) is -3.57. The number of carbonyl (C=O) groups is 2. The second-order valence-electron chi connectivity index (χ2n) is 11.1. The first-order valence-electron chi connectivity index (χ1n) is 15.1. The molecule has 1 saturated heterocycles. The van der Waals surface area contributed by atoms with Gasteiger partial charge in [0.1, 0.15) is 5.75 Å². The number of hydrogen-bond donors (Lipinski definition) is 2. The van der Waals surface area contributed by atoms with Crippen LogP contribution in [0.2, 0.25) is 0 Å². The van der Waals surface area contributed by atoms with Crippen molar-refractivity contribution < 1.29 is 49.1 Å². The number of para-hydroxylation sites is 1. The van der Waals surface area contributed by atoms with Gasteiger partial charge in [-0.05, 0) is 54.8 Å². The van der Waals surface area contributed by atoms with Crippen LogP contribution in [0.3, 0.4) is 0 Å². The maximum absolute atomic E-state index is 14.5. The third-order valence-electron chi connectivity index (χ3n) is 7.92. The fourth-order valence-corrected chi connectivity index (χ4v) is 5.59. The number of aliphatic imine (C=N–C) groups is 1. The molecule has 1 aliphatic heterocycles. The van der Waals surface area contributed by atoms with Crippen molar-refractivity contribution in [1.29, 1.82) is 0 Å².